The van der Waals surface area contributed by atoms with Gasteiger partial charge in [-0.15, -0.1) is 0 Å². The van der Waals surface area contributed by atoms with Crippen LogP contribution < -0.4 is 0 Å². The lowest BCUT2D eigenvalue weighted by Crippen LogP contribution is -2.20. The van der Waals surface area contributed by atoms with Crippen molar-refractivity contribution in [2.45, 2.75) is 19.5 Å². The summed E-state index contributed by atoms with van der Waals surface area (Å²) >= 11 is 0. The molecule has 0 fully saturated rings. The molecule has 82 valence electrons. The average molecular weight is 218 g/mol. The Morgan fingerprint density at radius 3 is 2.21 bits per heavy atom. The number of alkyl halides is 5. The van der Waals surface area contributed by atoms with Crippen molar-refractivity contribution < 1.29 is 31.5 Å². The van der Waals surface area contributed by atoms with Crippen LogP contribution in [0.3, 0.4) is 0 Å². The van der Waals surface area contributed by atoms with Crippen LogP contribution in [0, 0.1) is 0 Å². The van der Waals surface area contributed by atoms with Crippen molar-refractivity contribution in [2.75, 3.05) is 6.61 Å². The molecule has 0 heterocycles. The normalized spacial score (nSPS) is 13.2. The van der Waals surface area contributed by atoms with Crippen LogP contribution in [0.2, 0.25) is 0 Å². The van der Waals surface area contributed by atoms with E-state index in [1.165, 1.54) is 6.92 Å². The number of hydrogen-bond donors (Lipinski definition) is 0. The van der Waals surface area contributed by atoms with Crippen LogP contribution >= 0.6 is 0 Å². The standard InChI is InChI=1S/C7H7F5O2/c1-2-14-5(13)3-4(6(8)9)7(10,11)12/h3,6H,2H2,1H3/b4-3-. The number of halogens is 5. The summed E-state index contributed by atoms with van der Waals surface area (Å²) in [6.45, 7) is 1.17. The Balaban J connectivity index is 4.75. The maximum absolute atomic E-state index is 11.8. The zero-order chi connectivity index (χ0) is 11.4. The van der Waals surface area contributed by atoms with E-state index in [2.05, 4.69) is 4.74 Å². The Hall–Kier alpha value is -1.14. The van der Waals surface area contributed by atoms with E-state index < -0.39 is 24.1 Å². The van der Waals surface area contributed by atoms with Crippen LogP contribution in [-0.4, -0.2) is 25.2 Å². The molecule has 0 aromatic rings. The number of rotatable bonds is 3. The molecule has 0 spiro atoms. The van der Waals surface area contributed by atoms with Crippen LogP contribution in [0.5, 0.6) is 0 Å². The van der Waals surface area contributed by atoms with E-state index in [0.29, 0.717) is 0 Å². The highest BCUT2D eigenvalue weighted by molar-refractivity contribution is 5.83. The Kier molecular flexibility index (Phi) is 4.52. The zero-order valence-electron chi connectivity index (χ0n) is 7.07. The van der Waals surface area contributed by atoms with E-state index in [-0.39, 0.29) is 12.7 Å². The first-order chi connectivity index (χ1) is 6.29. The molecule has 0 bridgehead atoms. The van der Waals surface area contributed by atoms with Gasteiger partial charge in [0.25, 0.3) is 6.43 Å². The maximum Gasteiger partial charge on any atom is 0.418 e. The number of carbonyl (C=O) groups excluding carboxylic acids is 1. The SMILES string of the molecule is CCOC(=O)/C=C(/C(F)F)C(F)(F)F. The summed E-state index contributed by atoms with van der Waals surface area (Å²) in [5.41, 5.74) is -2.20. The molecule has 0 aromatic carbocycles. The lowest BCUT2D eigenvalue weighted by atomic mass is 10.2. The molecule has 14 heavy (non-hydrogen) atoms. The van der Waals surface area contributed by atoms with E-state index in [4.69, 9.17) is 0 Å². The molecule has 0 saturated carbocycles. The van der Waals surface area contributed by atoms with Crippen LogP contribution in [0.4, 0.5) is 22.0 Å². The van der Waals surface area contributed by atoms with Crippen molar-refractivity contribution in [1.82, 2.24) is 0 Å². The van der Waals surface area contributed by atoms with E-state index in [9.17, 15) is 26.7 Å². The van der Waals surface area contributed by atoms with Crippen molar-refractivity contribution in [3.8, 4) is 0 Å². The van der Waals surface area contributed by atoms with Gasteiger partial charge in [0.2, 0.25) is 0 Å². The summed E-state index contributed by atoms with van der Waals surface area (Å²) in [7, 11) is 0. The molecule has 0 unspecified atom stereocenters. The number of allylic oxidation sites excluding steroid dienone is 1. The van der Waals surface area contributed by atoms with Gasteiger partial charge in [-0.25, -0.2) is 13.6 Å². The fraction of sp³-hybridized carbons (Fsp3) is 0.571. The number of hydrogen-bond acceptors (Lipinski definition) is 2. The van der Waals surface area contributed by atoms with Gasteiger partial charge in [0.05, 0.1) is 6.61 Å². The highest BCUT2D eigenvalue weighted by Gasteiger charge is 2.40. The topological polar surface area (TPSA) is 26.3 Å². The minimum Gasteiger partial charge on any atom is -0.463 e. The van der Waals surface area contributed by atoms with E-state index in [1.807, 2.05) is 0 Å². The third kappa shape index (κ3) is 4.20. The van der Waals surface area contributed by atoms with Gasteiger partial charge in [0, 0.05) is 6.08 Å². The molecule has 0 aliphatic heterocycles. The summed E-state index contributed by atoms with van der Waals surface area (Å²) in [6, 6.07) is 0. The quantitative estimate of drug-likeness (QED) is 0.412. The summed E-state index contributed by atoms with van der Waals surface area (Å²) < 4.78 is 63.1. The van der Waals surface area contributed by atoms with Crippen LogP contribution in [-0.2, 0) is 9.53 Å². The van der Waals surface area contributed by atoms with Gasteiger partial charge in [0.15, 0.2) is 0 Å². The molecule has 0 N–H and O–H groups in total. The summed E-state index contributed by atoms with van der Waals surface area (Å²) in [4.78, 5) is 10.5. The lowest BCUT2D eigenvalue weighted by molar-refractivity contribution is -0.139. The second-order valence-corrected chi connectivity index (χ2v) is 2.15. The highest BCUT2D eigenvalue weighted by atomic mass is 19.4. The van der Waals surface area contributed by atoms with Crippen molar-refractivity contribution in [1.29, 1.82) is 0 Å². The minimum atomic E-state index is -5.22. The third-order valence-electron chi connectivity index (χ3n) is 1.12. The summed E-state index contributed by atoms with van der Waals surface area (Å²) in [5.74, 6) is -1.43. The molecule has 0 aliphatic carbocycles. The molecular formula is C7H7F5O2. The van der Waals surface area contributed by atoms with Crippen LogP contribution in [0.1, 0.15) is 6.92 Å². The third-order valence-corrected chi connectivity index (χ3v) is 1.12. The van der Waals surface area contributed by atoms with E-state index in [0.717, 1.165) is 0 Å². The van der Waals surface area contributed by atoms with Gasteiger partial charge in [-0.05, 0) is 6.92 Å². The van der Waals surface area contributed by atoms with Crippen molar-refractivity contribution >= 4 is 5.97 Å². The van der Waals surface area contributed by atoms with Gasteiger partial charge < -0.3 is 4.74 Å². The summed E-state index contributed by atoms with van der Waals surface area (Å²) in [5, 5.41) is 0. The number of esters is 1. The predicted octanol–water partition coefficient (Wildman–Crippen LogP) is 2.30. The predicted molar refractivity (Wildman–Crippen MR) is 36.8 cm³/mol. The first-order valence-electron chi connectivity index (χ1n) is 3.52. The first-order valence-corrected chi connectivity index (χ1v) is 3.52. The van der Waals surface area contributed by atoms with E-state index in [1.54, 1.807) is 0 Å². The second kappa shape index (κ2) is 4.92. The molecule has 0 aromatic heterocycles. The Morgan fingerprint density at radius 1 is 1.43 bits per heavy atom. The fourth-order valence-electron chi connectivity index (χ4n) is 0.579. The molecule has 0 amide bonds. The second-order valence-electron chi connectivity index (χ2n) is 2.15. The Morgan fingerprint density at radius 2 is 1.93 bits per heavy atom. The van der Waals surface area contributed by atoms with Gasteiger partial charge in [0.1, 0.15) is 5.57 Å². The first kappa shape index (κ1) is 12.9. The molecule has 7 heteroatoms. The molecule has 0 atom stereocenters. The molecule has 0 aliphatic rings. The molecule has 0 saturated heterocycles. The zero-order valence-corrected chi connectivity index (χ0v) is 7.07. The monoisotopic (exact) mass is 218 g/mol. The Labute approximate surface area is 76.3 Å². The fourth-order valence-corrected chi connectivity index (χ4v) is 0.579. The van der Waals surface area contributed by atoms with Crippen molar-refractivity contribution in [3.05, 3.63) is 11.6 Å². The van der Waals surface area contributed by atoms with Crippen molar-refractivity contribution in [2.24, 2.45) is 0 Å². The minimum absolute atomic E-state index is 0.177. The number of ether oxygens (including phenoxy) is 1. The van der Waals surface area contributed by atoms with E-state index >= 15 is 0 Å². The van der Waals surface area contributed by atoms with Gasteiger partial charge in [-0.1, -0.05) is 0 Å². The number of carbonyl (C=O) groups is 1. The average Bonchev–Trinajstić information content (AvgIpc) is 1.98. The van der Waals surface area contributed by atoms with Crippen LogP contribution in [0.15, 0.2) is 11.6 Å². The maximum atomic E-state index is 11.8. The molecule has 2 nitrogen and oxygen atoms in total. The van der Waals surface area contributed by atoms with Gasteiger partial charge in [-0.2, -0.15) is 13.2 Å². The summed E-state index contributed by atoms with van der Waals surface area (Å²) in [6.07, 6.45) is -9.21. The highest BCUT2D eigenvalue weighted by Crippen LogP contribution is 2.30. The largest absolute Gasteiger partial charge is 0.463 e. The van der Waals surface area contributed by atoms with Gasteiger partial charge >= 0.3 is 12.1 Å². The molecular weight excluding hydrogens is 211 g/mol. The van der Waals surface area contributed by atoms with Crippen molar-refractivity contribution in [3.63, 3.8) is 0 Å². The van der Waals surface area contributed by atoms with Gasteiger partial charge in [-0.3, -0.25) is 0 Å². The smallest absolute Gasteiger partial charge is 0.418 e. The van der Waals surface area contributed by atoms with Crippen LogP contribution in [0.25, 0.3) is 0 Å². The lowest BCUT2D eigenvalue weighted by Gasteiger charge is -2.09. The molecule has 0 radical (unpaired) electrons. The molecule has 0 rings (SSSR count). The Bertz CT molecular complexity index is 231.